The van der Waals surface area contributed by atoms with E-state index in [-0.39, 0.29) is 36.2 Å². The summed E-state index contributed by atoms with van der Waals surface area (Å²) in [5.74, 6) is 2.36. The zero-order valence-corrected chi connectivity index (χ0v) is 18.4. The van der Waals surface area contributed by atoms with E-state index in [1.165, 1.54) is 5.57 Å². The van der Waals surface area contributed by atoms with Gasteiger partial charge >= 0.3 is 6.09 Å². The standard InChI is InChI=1S/C24H33NO5/c1-5-6-9-25-23(26)28-13-24-12-27-22(21(17(24)4)15(2)10-16(24)3)18-7-8-19-20(11-18)30-14-29-19/h7-8,10-11,16-17,21-22H,5-6,9,12-14H2,1-4H3,(H,25,26)/t16-,17-,21+,22+,24-/m1/s1. The first-order valence-corrected chi connectivity index (χ1v) is 11.1. The van der Waals surface area contributed by atoms with Gasteiger partial charge in [-0.3, -0.25) is 0 Å². The molecular weight excluding hydrogens is 382 g/mol. The van der Waals surface area contributed by atoms with Gasteiger partial charge in [-0.1, -0.05) is 44.9 Å². The van der Waals surface area contributed by atoms with Crippen molar-refractivity contribution in [2.24, 2.45) is 23.2 Å². The Bertz CT molecular complexity index is 822. The molecule has 0 spiro atoms. The highest BCUT2D eigenvalue weighted by Gasteiger charge is 2.54. The van der Waals surface area contributed by atoms with Gasteiger partial charge in [0.2, 0.25) is 6.79 Å². The summed E-state index contributed by atoms with van der Waals surface area (Å²) in [5.41, 5.74) is 2.21. The molecule has 2 heterocycles. The quantitative estimate of drug-likeness (QED) is 0.532. The number of rotatable bonds is 6. The van der Waals surface area contributed by atoms with Crippen molar-refractivity contribution in [3.05, 3.63) is 35.4 Å². The lowest BCUT2D eigenvalue weighted by Crippen LogP contribution is -2.54. The molecule has 30 heavy (non-hydrogen) atoms. The van der Waals surface area contributed by atoms with Crippen LogP contribution in [-0.2, 0) is 9.47 Å². The molecule has 2 aliphatic heterocycles. The number of nitrogens with one attached hydrogen (secondary N) is 1. The minimum Gasteiger partial charge on any atom is -0.454 e. The van der Waals surface area contributed by atoms with E-state index < -0.39 is 0 Å². The fourth-order valence-corrected chi connectivity index (χ4v) is 5.27. The summed E-state index contributed by atoms with van der Waals surface area (Å²) < 4.78 is 23.2. The molecule has 0 aromatic heterocycles. The Morgan fingerprint density at radius 1 is 1.27 bits per heavy atom. The molecule has 1 amide bonds. The largest absolute Gasteiger partial charge is 0.454 e. The van der Waals surface area contributed by atoms with Crippen LogP contribution in [0.5, 0.6) is 11.5 Å². The number of hydrogen-bond donors (Lipinski definition) is 1. The fourth-order valence-electron chi connectivity index (χ4n) is 5.27. The molecule has 1 aromatic rings. The Hall–Kier alpha value is -2.21. The molecule has 4 rings (SSSR count). The van der Waals surface area contributed by atoms with Crippen LogP contribution in [0, 0.1) is 23.2 Å². The maximum absolute atomic E-state index is 12.2. The van der Waals surface area contributed by atoms with Gasteiger partial charge in [-0.15, -0.1) is 0 Å². The Kier molecular flexibility index (Phi) is 5.96. The average Bonchev–Trinajstić information content (AvgIpc) is 3.19. The van der Waals surface area contributed by atoms with Gasteiger partial charge < -0.3 is 24.3 Å². The van der Waals surface area contributed by atoms with Crippen molar-refractivity contribution >= 4 is 6.09 Å². The number of alkyl carbamates (subject to hydrolysis) is 1. The third kappa shape index (κ3) is 3.66. The Labute approximate surface area is 178 Å². The van der Waals surface area contributed by atoms with Gasteiger partial charge in [0.05, 0.1) is 12.7 Å². The first kappa shape index (κ1) is 21.0. The number of hydrogen-bond acceptors (Lipinski definition) is 5. The lowest BCUT2D eigenvalue weighted by atomic mass is 9.56. The van der Waals surface area contributed by atoms with Gasteiger partial charge in [0.1, 0.15) is 6.61 Å². The highest BCUT2D eigenvalue weighted by atomic mass is 16.7. The molecule has 1 aliphatic carbocycles. The van der Waals surface area contributed by atoms with E-state index in [0.717, 1.165) is 29.9 Å². The molecule has 6 heteroatoms. The highest BCUT2D eigenvalue weighted by Crippen LogP contribution is 2.56. The van der Waals surface area contributed by atoms with Gasteiger partial charge in [0.25, 0.3) is 0 Å². The van der Waals surface area contributed by atoms with Gasteiger partial charge in [-0.25, -0.2) is 4.79 Å². The molecular formula is C24H33NO5. The van der Waals surface area contributed by atoms with E-state index in [0.29, 0.717) is 25.7 Å². The minimum absolute atomic E-state index is 0.0512. The van der Waals surface area contributed by atoms with Gasteiger partial charge in [0, 0.05) is 17.9 Å². The lowest BCUT2D eigenvalue weighted by molar-refractivity contribution is -0.165. The van der Waals surface area contributed by atoms with Crippen LogP contribution >= 0.6 is 0 Å². The molecule has 164 valence electrons. The van der Waals surface area contributed by atoms with E-state index in [4.69, 9.17) is 18.9 Å². The number of allylic oxidation sites excluding steroid dienone is 1. The van der Waals surface area contributed by atoms with Crippen molar-refractivity contribution in [2.75, 3.05) is 26.6 Å². The number of benzene rings is 1. The van der Waals surface area contributed by atoms with Crippen LogP contribution in [-0.4, -0.2) is 32.6 Å². The van der Waals surface area contributed by atoms with E-state index >= 15 is 0 Å². The number of ether oxygens (including phenoxy) is 4. The van der Waals surface area contributed by atoms with Gasteiger partial charge in [0.15, 0.2) is 11.5 Å². The number of amides is 1. The summed E-state index contributed by atoms with van der Waals surface area (Å²) in [6.07, 6.45) is 3.95. The predicted molar refractivity (Wildman–Crippen MR) is 114 cm³/mol. The first-order chi connectivity index (χ1) is 14.5. The van der Waals surface area contributed by atoms with Crippen molar-refractivity contribution in [3.63, 3.8) is 0 Å². The van der Waals surface area contributed by atoms with Crippen molar-refractivity contribution in [1.82, 2.24) is 5.32 Å². The van der Waals surface area contributed by atoms with Crippen LogP contribution in [0.25, 0.3) is 0 Å². The Balaban J connectivity index is 1.52. The van der Waals surface area contributed by atoms with Crippen LogP contribution in [0.2, 0.25) is 0 Å². The molecule has 1 aromatic carbocycles. The van der Waals surface area contributed by atoms with Crippen molar-refractivity contribution in [1.29, 1.82) is 0 Å². The zero-order chi connectivity index (χ0) is 21.3. The number of unbranched alkanes of at least 4 members (excludes halogenated alkanes) is 1. The summed E-state index contributed by atoms with van der Waals surface area (Å²) in [4.78, 5) is 12.2. The summed E-state index contributed by atoms with van der Waals surface area (Å²) in [5, 5.41) is 2.85. The fraction of sp³-hybridized carbons (Fsp3) is 0.625. The average molecular weight is 416 g/mol. The molecule has 1 saturated heterocycles. The molecule has 2 bridgehead atoms. The van der Waals surface area contributed by atoms with Crippen LogP contribution in [0.1, 0.15) is 52.2 Å². The monoisotopic (exact) mass is 415 g/mol. The van der Waals surface area contributed by atoms with E-state index in [2.05, 4.69) is 45.2 Å². The van der Waals surface area contributed by atoms with Crippen LogP contribution < -0.4 is 14.8 Å². The molecule has 0 radical (unpaired) electrons. The number of carbonyl (C=O) groups is 1. The van der Waals surface area contributed by atoms with E-state index in [1.54, 1.807) is 0 Å². The van der Waals surface area contributed by atoms with Gasteiger partial charge in [-0.05, 0) is 42.9 Å². The Morgan fingerprint density at radius 2 is 2.07 bits per heavy atom. The zero-order valence-electron chi connectivity index (χ0n) is 18.4. The number of fused-ring (bicyclic) bond motifs is 3. The third-order valence-electron chi connectivity index (χ3n) is 7.25. The maximum atomic E-state index is 12.2. The molecule has 1 fully saturated rings. The van der Waals surface area contributed by atoms with Gasteiger partial charge in [-0.2, -0.15) is 0 Å². The summed E-state index contributed by atoms with van der Waals surface area (Å²) >= 11 is 0. The second kappa shape index (κ2) is 8.50. The molecule has 1 N–H and O–H groups in total. The minimum atomic E-state index is -0.335. The maximum Gasteiger partial charge on any atom is 0.407 e. The Morgan fingerprint density at radius 3 is 2.87 bits per heavy atom. The topological polar surface area (TPSA) is 66.0 Å². The highest BCUT2D eigenvalue weighted by molar-refractivity contribution is 5.67. The number of carbonyl (C=O) groups excluding carboxylic acids is 1. The normalized spacial score (nSPS) is 31.8. The van der Waals surface area contributed by atoms with Crippen molar-refractivity contribution in [2.45, 2.75) is 46.6 Å². The van der Waals surface area contributed by atoms with Crippen molar-refractivity contribution in [3.8, 4) is 11.5 Å². The predicted octanol–water partition coefficient (Wildman–Crippen LogP) is 4.85. The SMILES string of the molecule is CCCCNC(=O)OC[C@]12CO[C@@H](c3ccc4c(c3)OCO4)[C@@H](C(C)=C[C@H]1C)[C@H]2C. The van der Waals surface area contributed by atoms with Crippen LogP contribution in [0.4, 0.5) is 4.79 Å². The van der Waals surface area contributed by atoms with Crippen molar-refractivity contribution < 1.29 is 23.7 Å². The van der Waals surface area contributed by atoms with Crippen LogP contribution in [0.3, 0.4) is 0 Å². The van der Waals surface area contributed by atoms with E-state index in [1.807, 2.05) is 12.1 Å². The second-order valence-electron chi connectivity index (χ2n) is 8.95. The summed E-state index contributed by atoms with van der Waals surface area (Å²) in [6, 6.07) is 6.07. The molecule has 5 atom stereocenters. The second-order valence-corrected chi connectivity index (χ2v) is 8.95. The molecule has 6 nitrogen and oxygen atoms in total. The summed E-state index contributed by atoms with van der Waals surface area (Å²) in [6.45, 7) is 10.6. The van der Waals surface area contributed by atoms with E-state index in [9.17, 15) is 4.79 Å². The first-order valence-electron chi connectivity index (χ1n) is 11.1. The summed E-state index contributed by atoms with van der Waals surface area (Å²) in [7, 11) is 0. The van der Waals surface area contributed by atoms with Crippen LogP contribution in [0.15, 0.2) is 29.8 Å². The molecule has 0 saturated carbocycles. The smallest absolute Gasteiger partial charge is 0.407 e. The lowest BCUT2D eigenvalue weighted by Gasteiger charge is -2.55. The molecule has 3 aliphatic rings. The molecule has 0 unspecified atom stereocenters. The third-order valence-corrected chi connectivity index (χ3v) is 7.25.